The number of carboxylic acid groups (broad SMARTS) is 1. The lowest BCUT2D eigenvalue weighted by Crippen LogP contribution is -2.24. The fraction of sp³-hybridized carbons (Fsp3) is 0.174. The van der Waals surface area contributed by atoms with Crippen molar-refractivity contribution in [2.45, 2.75) is 19.4 Å². The lowest BCUT2D eigenvalue weighted by Gasteiger charge is -2.25. The van der Waals surface area contributed by atoms with Crippen LogP contribution in [0.2, 0.25) is 0 Å². The highest BCUT2D eigenvalue weighted by Gasteiger charge is 2.09. The molecule has 0 bridgehead atoms. The molecule has 0 unspecified atom stereocenters. The second-order valence-corrected chi connectivity index (χ2v) is 6.35. The summed E-state index contributed by atoms with van der Waals surface area (Å²) in [5.74, 6) is -0.893. The molecule has 0 amide bonds. The van der Waals surface area contributed by atoms with Crippen LogP contribution in [-0.2, 0) is 13.0 Å². The summed E-state index contributed by atoms with van der Waals surface area (Å²) in [6, 6.07) is 28.0. The van der Waals surface area contributed by atoms with Gasteiger partial charge in [0.05, 0.1) is 5.56 Å². The molecule has 0 heterocycles. The van der Waals surface area contributed by atoms with Gasteiger partial charge in [-0.05, 0) is 48.2 Å². The molecule has 26 heavy (non-hydrogen) atoms. The second kappa shape index (κ2) is 8.86. The fourth-order valence-electron chi connectivity index (χ4n) is 3.04. The normalized spacial score (nSPS) is 10.5. The third-order valence-corrected chi connectivity index (χ3v) is 4.43. The van der Waals surface area contributed by atoms with E-state index in [1.54, 1.807) is 12.1 Å². The molecule has 3 aromatic carbocycles. The van der Waals surface area contributed by atoms with Gasteiger partial charge < -0.3 is 10.0 Å². The summed E-state index contributed by atoms with van der Waals surface area (Å²) < 4.78 is 0. The number of benzene rings is 3. The van der Waals surface area contributed by atoms with E-state index in [4.69, 9.17) is 5.11 Å². The highest BCUT2D eigenvalue weighted by molar-refractivity contribution is 5.88. The quantitative estimate of drug-likeness (QED) is 0.623. The van der Waals surface area contributed by atoms with Gasteiger partial charge in [-0.1, -0.05) is 60.7 Å². The molecule has 3 nitrogen and oxygen atoms in total. The van der Waals surface area contributed by atoms with Gasteiger partial charge in [-0.25, -0.2) is 4.79 Å². The summed E-state index contributed by atoms with van der Waals surface area (Å²) >= 11 is 0. The molecule has 0 radical (unpaired) electrons. The van der Waals surface area contributed by atoms with E-state index in [9.17, 15) is 4.79 Å². The smallest absolute Gasteiger partial charge is 0.335 e. The Labute approximate surface area is 154 Å². The Bertz CT molecular complexity index is 814. The molecule has 3 rings (SSSR count). The van der Waals surface area contributed by atoms with Gasteiger partial charge in [0.15, 0.2) is 0 Å². The molecule has 0 spiro atoms. The minimum atomic E-state index is -0.893. The van der Waals surface area contributed by atoms with Crippen LogP contribution in [0.15, 0.2) is 84.9 Å². The minimum absolute atomic E-state index is 0.317. The SMILES string of the molecule is O=C(O)c1ccc(N(CCCc2ccccc2)Cc2ccccc2)cc1. The maximum atomic E-state index is 11.1. The van der Waals surface area contributed by atoms with Crippen molar-refractivity contribution in [3.63, 3.8) is 0 Å². The molecule has 0 aliphatic rings. The first-order valence-corrected chi connectivity index (χ1v) is 8.88. The van der Waals surface area contributed by atoms with Crippen LogP contribution in [0.25, 0.3) is 0 Å². The number of carboxylic acids is 1. The zero-order chi connectivity index (χ0) is 18.2. The molecule has 0 aliphatic carbocycles. The van der Waals surface area contributed by atoms with E-state index < -0.39 is 5.97 Å². The maximum absolute atomic E-state index is 11.1. The van der Waals surface area contributed by atoms with E-state index >= 15 is 0 Å². The molecule has 0 saturated heterocycles. The van der Waals surface area contributed by atoms with E-state index in [1.807, 2.05) is 36.4 Å². The molecule has 0 aromatic heterocycles. The molecule has 1 N–H and O–H groups in total. The Hall–Kier alpha value is -3.07. The molecule has 0 fully saturated rings. The molecule has 3 aromatic rings. The lowest BCUT2D eigenvalue weighted by molar-refractivity contribution is 0.0697. The second-order valence-electron chi connectivity index (χ2n) is 6.35. The summed E-state index contributed by atoms with van der Waals surface area (Å²) in [5.41, 5.74) is 3.95. The van der Waals surface area contributed by atoms with Crippen molar-refractivity contribution in [3.8, 4) is 0 Å². The Morgan fingerprint density at radius 3 is 1.92 bits per heavy atom. The Kier molecular flexibility index (Phi) is 6.05. The summed E-state index contributed by atoms with van der Waals surface area (Å²) in [6.07, 6.45) is 2.07. The van der Waals surface area contributed by atoms with Gasteiger partial charge in [0, 0.05) is 18.8 Å². The van der Waals surface area contributed by atoms with Crippen LogP contribution in [0.1, 0.15) is 27.9 Å². The van der Waals surface area contributed by atoms with Crippen LogP contribution < -0.4 is 4.90 Å². The van der Waals surface area contributed by atoms with E-state index in [0.29, 0.717) is 5.56 Å². The van der Waals surface area contributed by atoms with Gasteiger partial charge in [0.25, 0.3) is 0 Å². The number of hydrogen-bond acceptors (Lipinski definition) is 2. The third-order valence-electron chi connectivity index (χ3n) is 4.43. The third kappa shape index (κ3) is 4.96. The van der Waals surface area contributed by atoms with E-state index in [-0.39, 0.29) is 0 Å². The van der Waals surface area contributed by atoms with Gasteiger partial charge in [-0.2, -0.15) is 0 Å². The van der Waals surface area contributed by atoms with Crippen LogP contribution in [-0.4, -0.2) is 17.6 Å². The first kappa shape index (κ1) is 17.7. The van der Waals surface area contributed by atoms with Crippen molar-refractivity contribution in [1.82, 2.24) is 0 Å². The number of hydrogen-bond donors (Lipinski definition) is 1. The molecular formula is C23H23NO2. The van der Waals surface area contributed by atoms with Crippen LogP contribution >= 0.6 is 0 Å². The van der Waals surface area contributed by atoms with Crippen molar-refractivity contribution >= 4 is 11.7 Å². The van der Waals surface area contributed by atoms with Crippen LogP contribution in [0, 0.1) is 0 Å². The zero-order valence-corrected chi connectivity index (χ0v) is 14.7. The average molecular weight is 345 g/mol. The van der Waals surface area contributed by atoms with Crippen molar-refractivity contribution < 1.29 is 9.90 Å². The Morgan fingerprint density at radius 2 is 1.35 bits per heavy atom. The van der Waals surface area contributed by atoms with Crippen molar-refractivity contribution in [1.29, 1.82) is 0 Å². The molecule has 0 saturated carbocycles. The molecule has 0 atom stereocenters. The topological polar surface area (TPSA) is 40.5 Å². The van der Waals surface area contributed by atoms with Crippen LogP contribution in [0.4, 0.5) is 5.69 Å². The molecule has 3 heteroatoms. The van der Waals surface area contributed by atoms with E-state index in [1.165, 1.54) is 11.1 Å². The summed E-state index contributed by atoms with van der Waals surface area (Å²) in [6.45, 7) is 1.72. The first-order valence-electron chi connectivity index (χ1n) is 8.88. The van der Waals surface area contributed by atoms with E-state index in [2.05, 4.69) is 41.3 Å². The highest BCUT2D eigenvalue weighted by Crippen LogP contribution is 2.19. The van der Waals surface area contributed by atoms with Crippen molar-refractivity contribution in [2.75, 3.05) is 11.4 Å². The number of nitrogens with zero attached hydrogens (tertiary/aromatic N) is 1. The van der Waals surface area contributed by atoms with Gasteiger partial charge in [0.1, 0.15) is 0 Å². The highest BCUT2D eigenvalue weighted by atomic mass is 16.4. The monoisotopic (exact) mass is 345 g/mol. The lowest BCUT2D eigenvalue weighted by atomic mass is 10.1. The van der Waals surface area contributed by atoms with Gasteiger partial charge in [-0.3, -0.25) is 0 Å². The number of aromatic carboxylic acids is 1. The van der Waals surface area contributed by atoms with Gasteiger partial charge in [0.2, 0.25) is 0 Å². The maximum Gasteiger partial charge on any atom is 0.335 e. The molecule has 132 valence electrons. The summed E-state index contributed by atoms with van der Waals surface area (Å²) in [7, 11) is 0. The Balaban J connectivity index is 1.71. The van der Waals surface area contributed by atoms with Crippen LogP contribution in [0.3, 0.4) is 0 Å². The van der Waals surface area contributed by atoms with Crippen molar-refractivity contribution in [3.05, 3.63) is 102 Å². The predicted molar refractivity (Wildman–Crippen MR) is 106 cm³/mol. The number of rotatable bonds is 8. The molecular weight excluding hydrogens is 322 g/mol. The Morgan fingerprint density at radius 1 is 0.769 bits per heavy atom. The number of anilines is 1. The largest absolute Gasteiger partial charge is 0.478 e. The average Bonchev–Trinajstić information content (AvgIpc) is 2.69. The van der Waals surface area contributed by atoms with E-state index in [0.717, 1.165) is 31.6 Å². The first-order chi connectivity index (χ1) is 12.7. The van der Waals surface area contributed by atoms with Crippen molar-refractivity contribution in [2.24, 2.45) is 0 Å². The summed E-state index contributed by atoms with van der Waals surface area (Å²) in [4.78, 5) is 13.4. The number of aryl methyl sites for hydroxylation is 1. The summed E-state index contributed by atoms with van der Waals surface area (Å²) in [5, 5.41) is 9.10. The zero-order valence-electron chi connectivity index (χ0n) is 14.7. The molecule has 0 aliphatic heterocycles. The minimum Gasteiger partial charge on any atom is -0.478 e. The predicted octanol–water partition coefficient (Wildman–Crippen LogP) is 5.02. The van der Waals surface area contributed by atoms with Crippen LogP contribution in [0.5, 0.6) is 0 Å². The fourth-order valence-corrected chi connectivity index (χ4v) is 3.04. The number of carbonyl (C=O) groups is 1. The van der Waals surface area contributed by atoms with Gasteiger partial charge in [-0.15, -0.1) is 0 Å². The van der Waals surface area contributed by atoms with Gasteiger partial charge >= 0.3 is 5.97 Å². The standard InChI is InChI=1S/C23H23NO2/c25-23(26)21-13-15-22(16-14-21)24(18-20-10-5-2-6-11-20)17-7-12-19-8-3-1-4-9-19/h1-6,8-11,13-16H,7,12,17-18H2,(H,25,26).